The molecule has 2 rings (SSSR count). The molecule has 0 radical (unpaired) electrons. The van der Waals surface area contributed by atoms with Gasteiger partial charge in [0.1, 0.15) is 11.4 Å². The van der Waals surface area contributed by atoms with Crippen LogP contribution < -0.4 is 0 Å². The molecule has 0 aliphatic carbocycles. The van der Waals surface area contributed by atoms with Crippen LogP contribution in [-0.2, 0) is 6.54 Å². The van der Waals surface area contributed by atoms with Crippen LogP contribution in [0.15, 0.2) is 18.5 Å². The normalized spacial score (nSPS) is 10.4. The number of hydrogen-bond acceptors (Lipinski definition) is 5. The fourth-order valence-corrected chi connectivity index (χ4v) is 1.59. The van der Waals surface area contributed by atoms with Crippen molar-refractivity contribution in [3.05, 3.63) is 29.8 Å². The van der Waals surface area contributed by atoms with Crippen LogP contribution in [0.5, 0.6) is 0 Å². The number of ketones is 1. The third-order valence-corrected chi connectivity index (χ3v) is 2.32. The first kappa shape index (κ1) is 9.01. The maximum absolute atomic E-state index is 11.8. The van der Waals surface area contributed by atoms with Crippen molar-refractivity contribution in [2.24, 2.45) is 0 Å². The summed E-state index contributed by atoms with van der Waals surface area (Å²) < 4.78 is 9.32. The van der Waals surface area contributed by atoms with Crippen molar-refractivity contribution >= 4 is 17.5 Å². The standard InChI is InChI=1S/C8H8N4OS/c1-2-12-7(3-4-9-12)8(13)6-5-10-14-11-6/h3-5H,2H2,1H3. The van der Waals surface area contributed by atoms with Gasteiger partial charge in [-0.25, -0.2) is 0 Å². The van der Waals surface area contributed by atoms with Crippen LogP contribution >= 0.6 is 11.7 Å². The summed E-state index contributed by atoms with van der Waals surface area (Å²) in [6, 6.07) is 1.69. The van der Waals surface area contributed by atoms with E-state index in [2.05, 4.69) is 13.8 Å². The molecule has 2 aromatic heterocycles. The summed E-state index contributed by atoms with van der Waals surface area (Å²) in [6.45, 7) is 2.61. The molecule has 2 aromatic rings. The second-order valence-corrected chi connectivity index (χ2v) is 3.21. The first-order valence-corrected chi connectivity index (χ1v) is 4.90. The molecule has 0 aliphatic rings. The van der Waals surface area contributed by atoms with Crippen molar-refractivity contribution in [3.8, 4) is 0 Å². The van der Waals surface area contributed by atoms with Crippen LogP contribution in [0.4, 0.5) is 0 Å². The predicted octanol–water partition coefficient (Wildman–Crippen LogP) is 0.986. The number of nitrogens with zero attached hydrogens (tertiary/aromatic N) is 4. The van der Waals surface area contributed by atoms with Gasteiger partial charge in [0.2, 0.25) is 5.78 Å². The van der Waals surface area contributed by atoms with Crippen LogP contribution in [0.3, 0.4) is 0 Å². The minimum atomic E-state index is -0.127. The van der Waals surface area contributed by atoms with Crippen molar-refractivity contribution < 1.29 is 4.79 Å². The molecule has 0 aliphatic heterocycles. The van der Waals surface area contributed by atoms with Crippen LogP contribution in [-0.4, -0.2) is 24.3 Å². The highest BCUT2D eigenvalue weighted by Crippen LogP contribution is 2.07. The lowest BCUT2D eigenvalue weighted by Gasteiger charge is -2.00. The third kappa shape index (κ3) is 1.44. The van der Waals surface area contributed by atoms with Gasteiger partial charge in [0.25, 0.3) is 0 Å². The van der Waals surface area contributed by atoms with Crippen molar-refractivity contribution in [2.45, 2.75) is 13.5 Å². The van der Waals surface area contributed by atoms with E-state index in [9.17, 15) is 4.79 Å². The second-order valence-electron chi connectivity index (χ2n) is 2.65. The molecular formula is C8H8N4OS. The highest BCUT2D eigenvalue weighted by atomic mass is 32.1. The Labute approximate surface area is 84.7 Å². The molecule has 0 aromatic carbocycles. The summed E-state index contributed by atoms with van der Waals surface area (Å²) >= 11 is 1.03. The largest absolute Gasteiger partial charge is 0.285 e. The van der Waals surface area contributed by atoms with Crippen LogP contribution in [0, 0.1) is 0 Å². The molecule has 72 valence electrons. The number of rotatable bonds is 3. The van der Waals surface area contributed by atoms with Gasteiger partial charge in [-0.15, -0.1) is 0 Å². The van der Waals surface area contributed by atoms with Gasteiger partial charge in [0.05, 0.1) is 17.9 Å². The summed E-state index contributed by atoms with van der Waals surface area (Å²) in [5.41, 5.74) is 0.936. The smallest absolute Gasteiger partial charge is 0.232 e. The number of aryl methyl sites for hydroxylation is 1. The fourth-order valence-electron chi connectivity index (χ4n) is 1.17. The van der Waals surface area contributed by atoms with Crippen LogP contribution in [0.1, 0.15) is 23.1 Å². The first-order valence-electron chi connectivity index (χ1n) is 4.17. The molecule has 0 amide bonds. The Hall–Kier alpha value is -1.56. The molecule has 0 spiro atoms. The Balaban J connectivity index is 2.36. The zero-order valence-electron chi connectivity index (χ0n) is 7.54. The number of carbonyl (C=O) groups excluding carboxylic acids is 1. The van der Waals surface area contributed by atoms with E-state index in [0.717, 1.165) is 11.7 Å². The van der Waals surface area contributed by atoms with Crippen molar-refractivity contribution in [1.29, 1.82) is 0 Å². The SMILES string of the molecule is CCn1nccc1C(=O)c1cnsn1. The maximum atomic E-state index is 11.8. The van der Waals surface area contributed by atoms with Gasteiger partial charge in [0, 0.05) is 12.7 Å². The Morgan fingerprint density at radius 1 is 1.64 bits per heavy atom. The first-order chi connectivity index (χ1) is 6.83. The van der Waals surface area contributed by atoms with Gasteiger partial charge in [-0.2, -0.15) is 13.8 Å². The molecule has 0 bridgehead atoms. The van der Waals surface area contributed by atoms with Crippen LogP contribution in [0.25, 0.3) is 0 Å². The quantitative estimate of drug-likeness (QED) is 0.705. The number of aromatic nitrogens is 4. The molecular weight excluding hydrogens is 200 g/mol. The average Bonchev–Trinajstić information content (AvgIpc) is 2.87. The lowest BCUT2D eigenvalue weighted by Crippen LogP contribution is -2.10. The highest BCUT2D eigenvalue weighted by molar-refractivity contribution is 6.99. The second kappa shape index (κ2) is 3.67. The maximum Gasteiger partial charge on any atom is 0.232 e. The monoisotopic (exact) mass is 208 g/mol. The minimum Gasteiger partial charge on any atom is -0.285 e. The van der Waals surface area contributed by atoms with Crippen molar-refractivity contribution in [2.75, 3.05) is 0 Å². The van der Waals surface area contributed by atoms with Gasteiger partial charge >= 0.3 is 0 Å². The van der Waals surface area contributed by atoms with E-state index in [1.165, 1.54) is 6.20 Å². The molecule has 0 unspecified atom stereocenters. The summed E-state index contributed by atoms with van der Waals surface area (Å²) in [5.74, 6) is -0.127. The third-order valence-electron chi connectivity index (χ3n) is 1.84. The van der Waals surface area contributed by atoms with E-state index in [0.29, 0.717) is 17.9 Å². The zero-order valence-corrected chi connectivity index (χ0v) is 8.36. The molecule has 0 saturated carbocycles. The minimum absolute atomic E-state index is 0.127. The molecule has 6 heteroatoms. The van der Waals surface area contributed by atoms with E-state index in [-0.39, 0.29) is 5.78 Å². The Morgan fingerprint density at radius 3 is 3.14 bits per heavy atom. The summed E-state index contributed by atoms with van der Waals surface area (Å²) in [4.78, 5) is 11.8. The van der Waals surface area contributed by atoms with E-state index in [4.69, 9.17) is 0 Å². The Morgan fingerprint density at radius 2 is 2.50 bits per heavy atom. The number of carbonyl (C=O) groups is 1. The molecule has 14 heavy (non-hydrogen) atoms. The molecule has 0 fully saturated rings. The van der Waals surface area contributed by atoms with Crippen molar-refractivity contribution in [1.82, 2.24) is 18.5 Å². The number of hydrogen-bond donors (Lipinski definition) is 0. The molecule has 0 saturated heterocycles. The summed E-state index contributed by atoms with van der Waals surface area (Å²) in [6.07, 6.45) is 3.08. The van der Waals surface area contributed by atoms with E-state index in [1.807, 2.05) is 6.92 Å². The molecule has 0 N–H and O–H groups in total. The van der Waals surface area contributed by atoms with Gasteiger partial charge in [-0.3, -0.25) is 9.48 Å². The molecule has 0 atom stereocenters. The van der Waals surface area contributed by atoms with Gasteiger partial charge < -0.3 is 0 Å². The van der Waals surface area contributed by atoms with E-state index < -0.39 is 0 Å². The van der Waals surface area contributed by atoms with Gasteiger partial charge in [-0.05, 0) is 13.0 Å². The zero-order chi connectivity index (χ0) is 9.97. The fraction of sp³-hybridized carbons (Fsp3) is 0.250. The Kier molecular flexibility index (Phi) is 2.36. The van der Waals surface area contributed by atoms with Crippen LogP contribution in [0.2, 0.25) is 0 Å². The Bertz CT molecular complexity index is 434. The predicted molar refractivity (Wildman–Crippen MR) is 51.2 cm³/mol. The molecule has 2 heterocycles. The topological polar surface area (TPSA) is 60.7 Å². The van der Waals surface area contributed by atoms with E-state index >= 15 is 0 Å². The van der Waals surface area contributed by atoms with Gasteiger partial charge in [-0.1, -0.05) is 0 Å². The highest BCUT2D eigenvalue weighted by Gasteiger charge is 2.15. The summed E-state index contributed by atoms with van der Waals surface area (Å²) in [5, 5.41) is 4.02. The lowest BCUT2D eigenvalue weighted by atomic mass is 10.2. The lowest BCUT2D eigenvalue weighted by molar-refractivity contribution is 0.102. The van der Waals surface area contributed by atoms with Crippen molar-refractivity contribution in [3.63, 3.8) is 0 Å². The van der Waals surface area contributed by atoms with Gasteiger partial charge in [0.15, 0.2) is 0 Å². The summed E-state index contributed by atoms with van der Waals surface area (Å²) in [7, 11) is 0. The average molecular weight is 208 g/mol. The molecule has 5 nitrogen and oxygen atoms in total. The van der Waals surface area contributed by atoms with E-state index in [1.54, 1.807) is 16.9 Å².